The number of ether oxygens (including phenoxy) is 2. The van der Waals surface area contributed by atoms with Gasteiger partial charge in [-0.1, -0.05) is 114 Å². The molecule has 6 N–H and O–H groups in total. The molecule has 0 bridgehead atoms. The first kappa shape index (κ1) is 39.1. The third kappa shape index (κ3) is 12.9. The first-order valence-corrected chi connectivity index (χ1v) is 17.6. The lowest BCUT2D eigenvalue weighted by Crippen LogP contribution is -2.50. The predicted octanol–water partition coefficient (Wildman–Crippen LogP) is 5.84. The van der Waals surface area contributed by atoms with Gasteiger partial charge in [0, 0.05) is 23.9 Å². The Morgan fingerprint density at radius 3 is 1.82 bits per heavy atom. The molecule has 3 rings (SSSR count). The summed E-state index contributed by atoms with van der Waals surface area (Å²) in [4.78, 5) is 39.3. The highest BCUT2D eigenvalue weighted by Gasteiger charge is 2.30. The number of carbonyl (C=O) groups excluding carboxylic acids is 3. The van der Waals surface area contributed by atoms with Gasteiger partial charge in [-0.3, -0.25) is 14.4 Å². The zero-order valence-corrected chi connectivity index (χ0v) is 28.7. The molecule has 0 radical (unpaired) electrons. The predicted molar refractivity (Wildman–Crippen MR) is 191 cm³/mol. The molecule has 0 heterocycles. The van der Waals surface area contributed by atoms with E-state index in [0.717, 1.165) is 19.3 Å². The Balaban J connectivity index is 1.65. The molecule has 268 valence electrons. The quantitative estimate of drug-likeness (QED) is 0.0507. The third-order valence-electron chi connectivity index (χ3n) is 8.16. The van der Waals surface area contributed by atoms with Gasteiger partial charge in [0.1, 0.15) is 17.2 Å². The van der Waals surface area contributed by atoms with Gasteiger partial charge in [-0.2, -0.15) is 0 Å². The van der Waals surface area contributed by atoms with Crippen LogP contribution in [0.3, 0.4) is 0 Å². The van der Waals surface area contributed by atoms with Crippen molar-refractivity contribution in [2.45, 2.75) is 90.1 Å². The van der Waals surface area contributed by atoms with Crippen molar-refractivity contribution in [2.75, 3.05) is 38.2 Å². The summed E-state index contributed by atoms with van der Waals surface area (Å²) in [6.45, 7) is 1.81. The largest absolute Gasteiger partial charge is 0.506 e. The highest BCUT2D eigenvalue weighted by molar-refractivity contribution is 6.12. The topological polar surface area (TPSA) is 166 Å². The van der Waals surface area contributed by atoms with Crippen LogP contribution in [-0.4, -0.2) is 72.1 Å². The number of phenolic OH excluding ortho intramolecular Hbond substituents is 1. The molecule has 0 aliphatic carbocycles. The second-order valence-electron chi connectivity index (χ2n) is 12.0. The van der Waals surface area contributed by atoms with E-state index in [0.29, 0.717) is 23.4 Å². The highest BCUT2D eigenvalue weighted by Crippen LogP contribution is 2.37. The zero-order chi connectivity index (χ0) is 35.3. The Hall–Kier alpha value is -4.35. The number of unbranched alkanes of at least 4 members (excludes halogenated alkanes) is 11. The van der Waals surface area contributed by atoms with Gasteiger partial charge in [-0.15, -0.1) is 0 Å². The summed E-state index contributed by atoms with van der Waals surface area (Å²) in [7, 11) is 0. The van der Waals surface area contributed by atoms with Crippen molar-refractivity contribution >= 4 is 34.2 Å². The van der Waals surface area contributed by atoms with Gasteiger partial charge in [0.2, 0.25) is 0 Å². The Bertz CT molecular complexity index is 1440. The number of carbonyl (C=O) groups is 3. The van der Waals surface area contributed by atoms with E-state index in [1.54, 1.807) is 42.5 Å². The van der Waals surface area contributed by atoms with Crippen LogP contribution in [0.1, 0.15) is 94.3 Å². The molecule has 0 aliphatic rings. The molecule has 0 saturated carbocycles. The summed E-state index contributed by atoms with van der Waals surface area (Å²) in [5.74, 6) is -2.11. The molecule has 3 aromatic rings. The first-order valence-electron chi connectivity index (χ1n) is 17.6. The molecule has 11 nitrogen and oxygen atoms in total. The van der Waals surface area contributed by atoms with Crippen LogP contribution in [0.2, 0.25) is 0 Å². The Kier molecular flexibility index (Phi) is 17.8. The van der Waals surface area contributed by atoms with Gasteiger partial charge in [-0.25, -0.2) is 0 Å². The minimum absolute atomic E-state index is 0.00152. The van der Waals surface area contributed by atoms with E-state index in [1.807, 2.05) is 6.07 Å². The molecular formula is C38H53N3O8. The molecule has 0 fully saturated rings. The zero-order valence-electron chi connectivity index (χ0n) is 28.7. The minimum Gasteiger partial charge on any atom is -0.506 e. The third-order valence-corrected chi connectivity index (χ3v) is 8.16. The lowest BCUT2D eigenvalue weighted by molar-refractivity contribution is -0.139. The van der Waals surface area contributed by atoms with Gasteiger partial charge in [-0.05, 0) is 24.6 Å². The van der Waals surface area contributed by atoms with Crippen molar-refractivity contribution in [1.29, 1.82) is 0 Å². The van der Waals surface area contributed by atoms with Crippen LogP contribution in [-0.2, 0) is 9.59 Å². The molecule has 0 atom stereocenters. The second kappa shape index (κ2) is 22.3. The van der Waals surface area contributed by atoms with Crippen molar-refractivity contribution in [2.24, 2.45) is 0 Å². The number of fused-ring (bicyclic) bond motifs is 1. The lowest BCUT2D eigenvalue weighted by Gasteiger charge is -2.20. The number of aliphatic hydroxyl groups excluding tert-OH is 2. The molecule has 0 unspecified atom stereocenters. The summed E-state index contributed by atoms with van der Waals surface area (Å²) >= 11 is 0. The van der Waals surface area contributed by atoms with Crippen LogP contribution in [0.25, 0.3) is 10.8 Å². The summed E-state index contributed by atoms with van der Waals surface area (Å²) in [6.07, 6.45) is 13.2. The number of nitrogens with one attached hydrogen (secondary N) is 3. The monoisotopic (exact) mass is 679 g/mol. The van der Waals surface area contributed by atoms with Crippen molar-refractivity contribution < 1.29 is 39.2 Å². The number of aromatic hydroxyl groups is 1. The van der Waals surface area contributed by atoms with E-state index in [4.69, 9.17) is 19.7 Å². The molecule has 0 aliphatic heterocycles. The van der Waals surface area contributed by atoms with E-state index >= 15 is 0 Å². The number of hydrogen-bond donors (Lipinski definition) is 6. The number of anilines is 1. The van der Waals surface area contributed by atoms with Crippen LogP contribution in [0.15, 0.2) is 54.6 Å². The number of aliphatic hydroxyl groups is 2. The molecule has 11 heteroatoms. The Morgan fingerprint density at radius 2 is 1.22 bits per heavy atom. The maximum absolute atomic E-state index is 13.6. The molecule has 0 saturated heterocycles. The van der Waals surface area contributed by atoms with Crippen molar-refractivity contribution in [3.63, 3.8) is 0 Å². The van der Waals surface area contributed by atoms with E-state index in [1.165, 1.54) is 63.9 Å². The van der Waals surface area contributed by atoms with Gasteiger partial charge in [0.15, 0.2) is 0 Å². The summed E-state index contributed by atoms with van der Waals surface area (Å²) in [6, 6.07) is 14.9. The molecule has 0 spiro atoms. The van der Waals surface area contributed by atoms with E-state index in [-0.39, 0.29) is 48.8 Å². The second-order valence-corrected chi connectivity index (χ2v) is 12.0. The van der Waals surface area contributed by atoms with Crippen LogP contribution < -0.4 is 25.4 Å². The van der Waals surface area contributed by atoms with E-state index in [2.05, 4.69) is 22.9 Å². The molecule has 0 aromatic heterocycles. The Labute approximate surface area is 289 Å². The fraction of sp³-hybridized carbons (Fsp3) is 0.500. The van der Waals surface area contributed by atoms with Gasteiger partial charge >= 0.3 is 0 Å². The van der Waals surface area contributed by atoms with Crippen molar-refractivity contribution in [3.05, 3.63) is 60.2 Å². The number of hydrogen-bond acceptors (Lipinski definition) is 8. The molecular weight excluding hydrogens is 626 g/mol. The average molecular weight is 680 g/mol. The van der Waals surface area contributed by atoms with Gasteiger partial charge < -0.3 is 40.7 Å². The van der Waals surface area contributed by atoms with Crippen LogP contribution in [0.4, 0.5) is 5.69 Å². The summed E-state index contributed by atoms with van der Waals surface area (Å²) < 4.78 is 11.9. The fourth-order valence-corrected chi connectivity index (χ4v) is 5.50. The summed E-state index contributed by atoms with van der Waals surface area (Å²) in [5.41, 5.74) is 0.279. The maximum Gasteiger partial charge on any atom is 0.271 e. The highest BCUT2D eigenvalue weighted by atomic mass is 16.5. The SMILES string of the molecule is CCCCCCCCCCCCCCOc1ccccc1NC(=O)c1cc(OC(C(=O)NCCO)C(=O)NCCO)c2ccccc2c1O. The molecule has 3 amide bonds. The van der Waals surface area contributed by atoms with Gasteiger partial charge in [0.25, 0.3) is 23.8 Å². The number of benzene rings is 3. The van der Waals surface area contributed by atoms with Crippen LogP contribution in [0, 0.1) is 0 Å². The maximum atomic E-state index is 13.6. The standard InChI is InChI=1S/C38H53N3O8/c1-2-3-4-5-6-7-8-9-10-11-12-17-26-48-32-21-16-15-20-31(32)41-36(45)30-27-33(28-18-13-14-19-29(28)34(30)44)49-35(37(46)39-22-24-42)38(47)40-23-25-43/h13-16,18-21,27,35,42-44H,2-12,17,22-26H2,1H3,(H,39,46)(H,40,47)(H,41,45). The fourth-order valence-electron chi connectivity index (χ4n) is 5.50. The lowest BCUT2D eigenvalue weighted by atomic mass is 10.0. The normalized spacial score (nSPS) is 11.0. The Morgan fingerprint density at radius 1 is 0.694 bits per heavy atom. The number of phenols is 1. The number of rotatable bonds is 24. The molecule has 49 heavy (non-hydrogen) atoms. The van der Waals surface area contributed by atoms with Crippen LogP contribution >= 0.6 is 0 Å². The first-order chi connectivity index (χ1) is 23.9. The summed E-state index contributed by atoms with van der Waals surface area (Å²) in [5, 5.41) is 37.7. The average Bonchev–Trinajstić information content (AvgIpc) is 3.11. The number of amides is 3. The molecule has 3 aromatic carbocycles. The minimum atomic E-state index is -1.71. The number of para-hydroxylation sites is 2. The van der Waals surface area contributed by atoms with Crippen molar-refractivity contribution in [1.82, 2.24) is 10.6 Å². The van der Waals surface area contributed by atoms with Crippen molar-refractivity contribution in [3.8, 4) is 17.2 Å². The van der Waals surface area contributed by atoms with E-state index < -0.39 is 23.8 Å². The van der Waals surface area contributed by atoms with Gasteiger partial charge in [0.05, 0.1) is 31.1 Å². The smallest absolute Gasteiger partial charge is 0.271 e. The van der Waals surface area contributed by atoms with Crippen LogP contribution in [0.5, 0.6) is 17.2 Å². The van der Waals surface area contributed by atoms with E-state index in [9.17, 15) is 19.5 Å².